The molecule has 0 aliphatic rings. The first-order valence-electron chi connectivity index (χ1n) is 10.8. The molecular formula is C26H21ClFN5OS. The van der Waals surface area contributed by atoms with Crippen molar-refractivity contribution in [2.45, 2.75) is 18.5 Å². The van der Waals surface area contributed by atoms with E-state index in [2.05, 4.69) is 10.2 Å². The van der Waals surface area contributed by atoms with Crippen LogP contribution in [0.5, 0.6) is 0 Å². The molecule has 0 radical (unpaired) electrons. The predicted octanol–water partition coefficient (Wildman–Crippen LogP) is 6.07. The topological polar surface area (TPSA) is 74.8 Å². The smallest absolute Gasteiger partial charge is 0.237 e. The van der Waals surface area contributed by atoms with Crippen LogP contribution in [0.4, 0.5) is 10.1 Å². The standard InChI is InChI=1S/C26H21ClFN5OS/c1-18-7-2-4-9-22(18)33-25(19-11-13-20(27)14-12-19)30-31-26(33)35-17-24(34)32(16-6-15-29)23-10-5-3-8-21(23)28/h2-5,7-14H,6,16-17H2,1H3. The summed E-state index contributed by atoms with van der Waals surface area (Å²) in [6.07, 6.45) is 0.0881. The molecule has 0 atom stereocenters. The van der Waals surface area contributed by atoms with Crippen molar-refractivity contribution in [1.29, 1.82) is 5.26 Å². The number of halogens is 2. The van der Waals surface area contributed by atoms with Crippen LogP contribution in [0.2, 0.25) is 5.02 Å². The highest BCUT2D eigenvalue weighted by Gasteiger charge is 2.22. The van der Waals surface area contributed by atoms with E-state index in [0.29, 0.717) is 16.0 Å². The van der Waals surface area contributed by atoms with Crippen molar-refractivity contribution in [2.24, 2.45) is 0 Å². The minimum atomic E-state index is -0.517. The normalized spacial score (nSPS) is 10.7. The molecule has 176 valence electrons. The number of hydrogen-bond donors (Lipinski definition) is 0. The Labute approximate surface area is 212 Å². The van der Waals surface area contributed by atoms with Gasteiger partial charge in [-0.1, -0.05) is 53.7 Å². The zero-order valence-electron chi connectivity index (χ0n) is 18.9. The Morgan fingerprint density at radius 1 is 1.09 bits per heavy atom. The van der Waals surface area contributed by atoms with Crippen LogP contribution in [-0.4, -0.2) is 33.0 Å². The van der Waals surface area contributed by atoms with Crippen molar-refractivity contribution in [1.82, 2.24) is 14.8 Å². The quantitative estimate of drug-likeness (QED) is 0.271. The summed E-state index contributed by atoms with van der Waals surface area (Å²) in [5, 5.41) is 18.9. The van der Waals surface area contributed by atoms with Crippen molar-refractivity contribution in [3.63, 3.8) is 0 Å². The first-order chi connectivity index (χ1) is 17.0. The number of anilines is 1. The van der Waals surface area contributed by atoms with Gasteiger partial charge >= 0.3 is 0 Å². The maximum absolute atomic E-state index is 14.4. The van der Waals surface area contributed by atoms with E-state index < -0.39 is 5.82 Å². The highest BCUT2D eigenvalue weighted by molar-refractivity contribution is 7.99. The maximum atomic E-state index is 14.4. The van der Waals surface area contributed by atoms with Crippen LogP contribution in [-0.2, 0) is 4.79 Å². The molecule has 6 nitrogen and oxygen atoms in total. The van der Waals surface area contributed by atoms with Gasteiger partial charge in [-0.25, -0.2) is 4.39 Å². The molecule has 9 heteroatoms. The number of benzene rings is 3. The fourth-order valence-electron chi connectivity index (χ4n) is 3.60. The van der Waals surface area contributed by atoms with Crippen LogP contribution >= 0.6 is 23.4 Å². The van der Waals surface area contributed by atoms with Gasteiger partial charge < -0.3 is 4.90 Å². The predicted molar refractivity (Wildman–Crippen MR) is 136 cm³/mol. The Bertz CT molecular complexity index is 1380. The van der Waals surface area contributed by atoms with Gasteiger partial charge in [0.05, 0.1) is 29.6 Å². The van der Waals surface area contributed by atoms with Gasteiger partial charge in [-0.3, -0.25) is 9.36 Å². The lowest BCUT2D eigenvalue weighted by Crippen LogP contribution is -2.34. The van der Waals surface area contributed by atoms with Crippen molar-refractivity contribution < 1.29 is 9.18 Å². The molecule has 4 rings (SSSR count). The van der Waals surface area contributed by atoms with Crippen LogP contribution in [0, 0.1) is 24.1 Å². The number of thioether (sulfide) groups is 1. The summed E-state index contributed by atoms with van der Waals surface area (Å²) < 4.78 is 16.3. The van der Waals surface area contributed by atoms with E-state index in [0.717, 1.165) is 16.8 Å². The van der Waals surface area contributed by atoms with E-state index in [1.165, 1.54) is 28.8 Å². The monoisotopic (exact) mass is 505 g/mol. The summed E-state index contributed by atoms with van der Waals surface area (Å²) in [5.74, 6) is -0.245. The fourth-order valence-corrected chi connectivity index (χ4v) is 4.54. The van der Waals surface area contributed by atoms with Gasteiger partial charge in [-0.05, 0) is 55.0 Å². The minimum Gasteiger partial charge on any atom is -0.308 e. The molecule has 35 heavy (non-hydrogen) atoms. The average Bonchev–Trinajstić information content (AvgIpc) is 3.28. The molecule has 1 heterocycles. The number of para-hydroxylation sites is 2. The Balaban J connectivity index is 1.66. The molecule has 0 spiro atoms. The van der Waals surface area contributed by atoms with Gasteiger partial charge in [-0.15, -0.1) is 10.2 Å². The summed E-state index contributed by atoms with van der Waals surface area (Å²) in [4.78, 5) is 14.5. The number of aromatic nitrogens is 3. The van der Waals surface area contributed by atoms with Gasteiger partial charge in [-0.2, -0.15) is 5.26 Å². The highest BCUT2D eigenvalue weighted by atomic mass is 35.5. The van der Waals surface area contributed by atoms with E-state index in [4.69, 9.17) is 16.9 Å². The first kappa shape index (κ1) is 24.5. The minimum absolute atomic E-state index is 0.00953. The molecule has 1 amide bonds. The van der Waals surface area contributed by atoms with E-state index in [-0.39, 0.29) is 30.3 Å². The molecule has 1 aromatic heterocycles. The van der Waals surface area contributed by atoms with Crippen molar-refractivity contribution in [3.05, 3.63) is 89.2 Å². The van der Waals surface area contributed by atoms with Crippen LogP contribution in [0.15, 0.2) is 78.0 Å². The lowest BCUT2D eigenvalue weighted by molar-refractivity contribution is -0.116. The van der Waals surface area contributed by atoms with Gasteiger partial charge in [0.25, 0.3) is 0 Å². The van der Waals surface area contributed by atoms with Crippen molar-refractivity contribution in [2.75, 3.05) is 17.2 Å². The largest absolute Gasteiger partial charge is 0.308 e. The third-order valence-corrected chi connectivity index (χ3v) is 6.47. The zero-order valence-corrected chi connectivity index (χ0v) is 20.4. The zero-order chi connectivity index (χ0) is 24.8. The van der Waals surface area contributed by atoms with Gasteiger partial charge in [0.2, 0.25) is 5.91 Å². The molecule has 4 aromatic rings. The third kappa shape index (κ3) is 5.53. The second-order valence-corrected chi connectivity index (χ2v) is 9.01. The first-order valence-corrected chi connectivity index (χ1v) is 12.2. The molecule has 0 saturated carbocycles. The Morgan fingerprint density at radius 2 is 1.80 bits per heavy atom. The van der Waals surface area contributed by atoms with Crippen molar-refractivity contribution in [3.8, 4) is 23.1 Å². The molecule has 0 N–H and O–H groups in total. The van der Waals surface area contributed by atoms with E-state index >= 15 is 0 Å². The lowest BCUT2D eigenvalue weighted by atomic mass is 10.1. The number of amides is 1. The van der Waals surface area contributed by atoms with Gasteiger partial charge in [0.15, 0.2) is 11.0 Å². The molecule has 0 fully saturated rings. The summed E-state index contributed by atoms with van der Waals surface area (Å²) in [5.41, 5.74) is 2.87. The summed E-state index contributed by atoms with van der Waals surface area (Å²) in [7, 11) is 0. The summed E-state index contributed by atoms with van der Waals surface area (Å²) >= 11 is 7.27. The summed E-state index contributed by atoms with van der Waals surface area (Å²) in [6, 6.07) is 23.2. The molecule has 0 saturated heterocycles. The summed E-state index contributed by atoms with van der Waals surface area (Å²) in [6.45, 7) is 2.08. The number of nitrogens with zero attached hydrogens (tertiary/aromatic N) is 5. The fraction of sp³-hybridized carbons (Fsp3) is 0.154. The number of rotatable bonds is 8. The van der Waals surface area contributed by atoms with E-state index in [1.54, 1.807) is 24.3 Å². The number of carbonyl (C=O) groups excluding carboxylic acids is 1. The van der Waals surface area contributed by atoms with Crippen molar-refractivity contribution >= 4 is 35.0 Å². The second-order valence-electron chi connectivity index (χ2n) is 7.63. The Kier molecular flexibility index (Phi) is 7.80. The molecule has 0 bridgehead atoms. The molecular weight excluding hydrogens is 485 g/mol. The molecule has 0 aliphatic carbocycles. The van der Waals surface area contributed by atoms with Crippen LogP contribution in [0.1, 0.15) is 12.0 Å². The number of carbonyl (C=O) groups is 1. The maximum Gasteiger partial charge on any atom is 0.237 e. The Hall–Kier alpha value is -3.67. The lowest BCUT2D eigenvalue weighted by Gasteiger charge is -2.22. The highest BCUT2D eigenvalue weighted by Crippen LogP contribution is 2.30. The SMILES string of the molecule is Cc1ccccc1-n1c(SCC(=O)N(CCC#N)c2ccccc2F)nnc1-c1ccc(Cl)cc1. The van der Waals surface area contributed by atoms with E-state index in [1.807, 2.05) is 54.0 Å². The number of hydrogen-bond acceptors (Lipinski definition) is 5. The van der Waals surface area contributed by atoms with Gasteiger partial charge in [0, 0.05) is 17.1 Å². The van der Waals surface area contributed by atoms with Crippen LogP contribution in [0.3, 0.4) is 0 Å². The van der Waals surface area contributed by atoms with Gasteiger partial charge in [0.1, 0.15) is 5.82 Å². The molecule has 0 unspecified atom stereocenters. The number of nitriles is 1. The Morgan fingerprint density at radius 3 is 2.51 bits per heavy atom. The van der Waals surface area contributed by atoms with E-state index in [9.17, 15) is 9.18 Å². The average molecular weight is 506 g/mol. The third-order valence-electron chi connectivity index (χ3n) is 5.31. The van der Waals surface area contributed by atoms with Crippen LogP contribution in [0.25, 0.3) is 17.1 Å². The number of aryl methyl sites for hydroxylation is 1. The molecule has 0 aliphatic heterocycles. The molecule has 3 aromatic carbocycles. The van der Waals surface area contributed by atoms with Crippen LogP contribution < -0.4 is 4.90 Å². The second kappa shape index (κ2) is 11.2.